The number of aromatic nitrogens is 1. The molecule has 0 bridgehead atoms. The van der Waals surface area contributed by atoms with Gasteiger partial charge in [0, 0.05) is 43.5 Å². The van der Waals surface area contributed by atoms with Crippen LogP contribution in [0.15, 0.2) is 35.1 Å². The normalized spacial score (nSPS) is 19.7. The first kappa shape index (κ1) is 21.6. The molecule has 1 aromatic carbocycles. The maximum atomic E-state index is 12.6. The molecule has 168 valence electrons. The van der Waals surface area contributed by atoms with Gasteiger partial charge < -0.3 is 29.0 Å². The average Bonchev–Trinajstić information content (AvgIpc) is 3.04. The number of aromatic amines is 1. The van der Waals surface area contributed by atoms with Crippen LogP contribution in [0.1, 0.15) is 31.2 Å². The molecule has 1 N–H and O–H groups in total. The van der Waals surface area contributed by atoms with Crippen LogP contribution in [0.3, 0.4) is 0 Å². The molecule has 7 nitrogen and oxygen atoms in total. The molecule has 2 aromatic rings. The molecule has 1 aromatic heterocycles. The van der Waals surface area contributed by atoms with E-state index in [0.717, 1.165) is 67.5 Å². The van der Waals surface area contributed by atoms with E-state index in [4.69, 9.17) is 14.2 Å². The lowest BCUT2D eigenvalue weighted by atomic mass is 9.99. The minimum Gasteiger partial charge on any atom is -0.497 e. The van der Waals surface area contributed by atoms with Gasteiger partial charge in [0.15, 0.2) is 0 Å². The molecule has 4 rings (SSSR count). The molecular formula is C24H33N3O4. The largest absolute Gasteiger partial charge is 0.497 e. The smallest absolute Gasteiger partial charge is 0.251 e. The number of hydrogen-bond donors (Lipinski definition) is 1. The van der Waals surface area contributed by atoms with Crippen LogP contribution in [0, 0.1) is 0 Å². The Bertz CT molecular complexity index is 923. The SMILES string of the molecule is COc1ccc(OC)c(C[C@@H]2CCCCCN2c2cc(N3CCOCC3)cc(=O)[nH]2)c1. The molecule has 0 radical (unpaired) electrons. The highest BCUT2D eigenvalue weighted by atomic mass is 16.5. The van der Waals surface area contributed by atoms with Crippen molar-refractivity contribution < 1.29 is 14.2 Å². The summed E-state index contributed by atoms with van der Waals surface area (Å²) in [5.74, 6) is 2.61. The molecule has 2 aliphatic rings. The Morgan fingerprint density at radius 2 is 1.87 bits per heavy atom. The van der Waals surface area contributed by atoms with Crippen molar-refractivity contribution in [3.63, 3.8) is 0 Å². The fraction of sp³-hybridized carbons (Fsp3) is 0.542. The Hall–Kier alpha value is -2.67. The summed E-state index contributed by atoms with van der Waals surface area (Å²) in [5.41, 5.74) is 2.05. The lowest BCUT2D eigenvalue weighted by Crippen LogP contribution is -2.39. The number of nitrogens with one attached hydrogen (secondary N) is 1. The summed E-state index contributed by atoms with van der Waals surface area (Å²) in [7, 11) is 3.39. The Labute approximate surface area is 183 Å². The number of nitrogens with zero attached hydrogens (tertiary/aromatic N) is 2. The molecular weight excluding hydrogens is 394 g/mol. The number of H-pyrrole nitrogens is 1. The number of pyridine rings is 1. The molecule has 31 heavy (non-hydrogen) atoms. The third-order valence-electron chi connectivity index (χ3n) is 6.32. The summed E-state index contributed by atoms with van der Waals surface area (Å²) in [6.07, 6.45) is 5.42. The first-order chi connectivity index (χ1) is 15.2. The fourth-order valence-corrected chi connectivity index (χ4v) is 4.68. The van der Waals surface area contributed by atoms with Crippen molar-refractivity contribution in [2.75, 3.05) is 56.9 Å². The van der Waals surface area contributed by atoms with Gasteiger partial charge in [-0.3, -0.25) is 4.79 Å². The maximum Gasteiger partial charge on any atom is 0.251 e. The lowest BCUT2D eigenvalue weighted by Gasteiger charge is -2.34. The Morgan fingerprint density at radius 1 is 1.03 bits per heavy atom. The molecule has 0 amide bonds. The number of hydrogen-bond acceptors (Lipinski definition) is 6. The molecule has 2 saturated heterocycles. The van der Waals surface area contributed by atoms with Crippen molar-refractivity contribution in [3.05, 3.63) is 46.2 Å². The third kappa shape index (κ3) is 5.15. The molecule has 0 unspecified atom stereocenters. The van der Waals surface area contributed by atoms with Gasteiger partial charge >= 0.3 is 0 Å². The van der Waals surface area contributed by atoms with E-state index in [1.165, 1.54) is 12.8 Å². The zero-order chi connectivity index (χ0) is 21.6. The topological polar surface area (TPSA) is 67.0 Å². The van der Waals surface area contributed by atoms with Crippen LogP contribution in [0.2, 0.25) is 0 Å². The zero-order valence-electron chi connectivity index (χ0n) is 18.6. The van der Waals surface area contributed by atoms with Gasteiger partial charge in [0.2, 0.25) is 0 Å². The van der Waals surface area contributed by atoms with Crippen LogP contribution in [-0.2, 0) is 11.2 Å². The maximum absolute atomic E-state index is 12.6. The van der Waals surface area contributed by atoms with E-state index in [1.807, 2.05) is 12.1 Å². The Morgan fingerprint density at radius 3 is 2.65 bits per heavy atom. The van der Waals surface area contributed by atoms with E-state index in [2.05, 4.69) is 26.9 Å². The summed E-state index contributed by atoms with van der Waals surface area (Å²) < 4.78 is 16.6. The van der Waals surface area contributed by atoms with Gasteiger partial charge in [0.1, 0.15) is 17.3 Å². The van der Waals surface area contributed by atoms with Crippen molar-refractivity contribution in [2.45, 2.75) is 38.1 Å². The molecule has 2 fully saturated rings. The average molecular weight is 428 g/mol. The van der Waals surface area contributed by atoms with E-state index in [1.54, 1.807) is 20.3 Å². The van der Waals surface area contributed by atoms with E-state index in [-0.39, 0.29) is 11.6 Å². The first-order valence-corrected chi connectivity index (χ1v) is 11.2. The van der Waals surface area contributed by atoms with Gasteiger partial charge in [-0.1, -0.05) is 12.8 Å². The zero-order valence-corrected chi connectivity index (χ0v) is 18.6. The predicted molar refractivity (Wildman–Crippen MR) is 123 cm³/mol. The van der Waals surface area contributed by atoms with E-state index in [0.29, 0.717) is 13.2 Å². The number of ether oxygens (including phenoxy) is 3. The number of anilines is 2. The number of methoxy groups -OCH3 is 2. The second kappa shape index (κ2) is 10.1. The highest BCUT2D eigenvalue weighted by molar-refractivity contribution is 5.56. The summed E-state index contributed by atoms with van der Waals surface area (Å²) in [5, 5.41) is 0. The Balaban J connectivity index is 1.64. The first-order valence-electron chi connectivity index (χ1n) is 11.2. The van der Waals surface area contributed by atoms with Crippen LogP contribution < -0.4 is 24.8 Å². The molecule has 2 aliphatic heterocycles. The molecule has 3 heterocycles. The van der Waals surface area contributed by atoms with Crippen molar-refractivity contribution >= 4 is 11.5 Å². The lowest BCUT2D eigenvalue weighted by molar-refractivity contribution is 0.122. The molecule has 0 aliphatic carbocycles. The van der Waals surface area contributed by atoms with Gasteiger partial charge in [0.25, 0.3) is 5.56 Å². The Kier molecular flexibility index (Phi) is 7.02. The van der Waals surface area contributed by atoms with Crippen molar-refractivity contribution in [2.24, 2.45) is 0 Å². The standard InChI is InChI=1S/C24H33N3O4/c1-29-21-7-8-22(30-2)18(15-21)14-19-6-4-3-5-9-27(19)23-16-20(17-24(28)25-23)26-10-12-31-13-11-26/h7-8,15-17,19H,3-6,9-14H2,1-2H3,(H,25,28)/t19-/m0/s1. The predicted octanol–water partition coefficient (Wildman–Crippen LogP) is 3.22. The number of rotatable bonds is 6. The minimum atomic E-state index is -0.0547. The number of benzene rings is 1. The third-order valence-corrected chi connectivity index (χ3v) is 6.32. The van der Waals surface area contributed by atoms with Crippen LogP contribution in [0.4, 0.5) is 11.5 Å². The van der Waals surface area contributed by atoms with Gasteiger partial charge in [-0.15, -0.1) is 0 Å². The van der Waals surface area contributed by atoms with Crippen LogP contribution >= 0.6 is 0 Å². The molecule has 0 saturated carbocycles. The van der Waals surface area contributed by atoms with Crippen LogP contribution in [-0.4, -0.2) is 58.1 Å². The molecule has 1 atom stereocenters. The van der Waals surface area contributed by atoms with E-state index >= 15 is 0 Å². The van der Waals surface area contributed by atoms with Crippen molar-refractivity contribution in [1.29, 1.82) is 0 Å². The van der Waals surface area contributed by atoms with Crippen molar-refractivity contribution in [1.82, 2.24) is 4.98 Å². The van der Waals surface area contributed by atoms with Crippen LogP contribution in [0.5, 0.6) is 11.5 Å². The highest BCUT2D eigenvalue weighted by Crippen LogP contribution is 2.31. The summed E-state index contributed by atoms with van der Waals surface area (Å²) >= 11 is 0. The summed E-state index contributed by atoms with van der Waals surface area (Å²) in [6.45, 7) is 3.95. The van der Waals surface area contributed by atoms with Gasteiger partial charge in [-0.25, -0.2) is 0 Å². The summed E-state index contributed by atoms with van der Waals surface area (Å²) in [6, 6.07) is 10.1. The monoisotopic (exact) mass is 427 g/mol. The fourth-order valence-electron chi connectivity index (χ4n) is 4.68. The quantitative estimate of drug-likeness (QED) is 0.764. The minimum absolute atomic E-state index is 0.0547. The van der Waals surface area contributed by atoms with E-state index in [9.17, 15) is 4.79 Å². The number of morpholine rings is 1. The van der Waals surface area contributed by atoms with Gasteiger partial charge in [-0.2, -0.15) is 0 Å². The molecule has 7 heteroatoms. The summed E-state index contributed by atoms with van der Waals surface area (Å²) in [4.78, 5) is 20.3. The van der Waals surface area contributed by atoms with Gasteiger partial charge in [-0.05, 0) is 43.0 Å². The second-order valence-corrected chi connectivity index (χ2v) is 8.27. The van der Waals surface area contributed by atoms with Gasteiger partial charge in [0.05, 0.1) is 27.4 Å². The molecule has 0 spiro atoms. The van der Waals surface area contributed by atoms with Crippen molar-refractivity contribution in [3.8, 4) is 11.5 Å². The van der Waals surface area contributed by atoms with E-state index < -0.39 is 0 Å². The highest BCUT2D eigenvalue weighted by Gasteiger charge is 2.25. The van der Waals surface area contributed by atoms with Crippen LogP contribution in [0.25, 0.3) is 0 Å². The second-order valence-electron chi connectivity index (χ2n) is 8.27.